The van der Waals surface area contributed by atoms with Crippen molar-refractivity contribution in [2.75, 3.05) is 6.61 Å². The molecule has 0 aliphatic heterocycles. The standard InChI is InChI=1S/C12H12FNO2/c1-3-16-11(15)6-9-5-4-8(2)12(13)10(9)7-14/h4-5H,3,6H2,1-2H3. The predicted octanol–water partition coefficient (Wildman–Crippen LogP) is 2.11. The summed E-state index contributed by atoms with van der Waals surface area (Å²) in [5.74, 6) is -1.02. The molecule has 1 aromatic rings. The second-order valence-corrected chi connectivity index (χ2v) is 3.32. The number of benzene rings is 1. The molecule has 84 valence electrons. The number of aryl methyl sites for hydroxylation is 1. The highest BCUT2D eigenvalue weighted by Crippen LogP contribution is 2.17. The van der Waals surface area contributed by atoms with Crippen molar-refractivity contribution in [1.29, 1.82) is 5.26 Å². The van der Waals surface area contributed by atoms with Gasteiger partial charge in [-0.15, -0.1) is 0 Å². The van der Waals surface area contributed by atoms with Crippen LogP contribution in [0.15, 0.2) is 12.1 Å². The molecular weight excluding hydrogens is 209 g/mol. The number of rotatable bonds is 3. The van der Waals surface area contributed by atoms with Crippen LogP contribution in [0.3, 0.4) is 0 Å². The molecule has 1 aromatic carbocycles. The Morgan fingerprint density at radius 1 is 1.56 bits per heavy atom. The van der Waals surface area contributed by atoms with E-state index in [1.54, 1.807) is 32.0 Å². The number of ether oxygens (including phenoxy) is 1. The lowest BCUT2D eigenvalue weighted by Gasteiger charge is -2.06. The fourth-order valence-corrected chi connectivity index (χ4v) is 1.36. The summed E-state index contributed by atoms with van der Waals surface area (Å²) < 4.78 is 18.3. The minimum absolute atomic E-state index is 0.0755. The van der Waals surface area contributed by atoms with Gasteiger partial charge in [-0.25, -0.2) is 4.39 Å². The van der Waals surface area contributed by atoms with Crippen LogP contribution in [0.25, 0.3) is 0 Å². The molecule has 0 spiro atoms. The van der Waals surface area contributed by atoms with Crippen LogP contribution in [0, 0.1) is 24.1 Å². The summed E-state index contributed by atoms with van der Waals surface area (Å²) in [5.41, 5.74) is 0.682. The Bertz CT molecular complexity index is 449. The van der Waals surface area contributed by atoms with Crippen molar-refractivity contribution in [3.8, 4) is 6.07 Å². The van der Waals surface area contributed by atoms with Gasteiger partial charge in [0.15, 0.2) is 0 Å². The fourth-order valence-electron chi connectivity index (χ4n) is 1.36. The quantitative estimate of drug-likeness (QED) is 0.734. The van der Waals surface area contributed by atoms with Crippen LogP contribution in [0.2, 0.25) is 0 Å². The predicted molar refractivity (Wildman–Crippen MR) is 56.2 cm³/mol. The largest absolute Gasteiger partial charge is 0.466 e. The van der Waals surface area contributed by atoms with E-state index < -0.39 is 11.8 Å². The smallest absolute Gasteiger partial charge is 0.310 e. The first-order valence-electron chi connectivity index (χ1n) is 4.93. The van der Waals surface area contributed by atoms with Gasteiger partial charge in [0, 0.05) is 0 Å². The monoisotopic (exact) mass is 221 g/mol. The molecule has 0 unspecified atom stereocenters. The maximum Gasteiger partial charge on any atom is 0.310 e. The van der Waals surface area contributed by atoms with Crippen LogP contribution < -0.4 is 0 Å². The van der Waals surface area contributed by atoms with E-state index in [1.165, 1.54) is 0 Å². The van der Waals surface area contributed by atoms with E-state index in [9.17, 15) is 9.18 Å². The zero-order chi connectivity index (χ0) is 12.1. The lowest BCUT2D eigenvalue weighted by Crippen LogP contribution is -2.09. The molecule has 16 heavy (non-hydrogen) atoms. The third-order valence-corrected chi connectivity index (χ3v) is 2.17. The molecule has 0 aliphatic rings. The normalized spacial score (nSPS) is 9.62. The highest BCUT2D eigenvalue weighted by atomic mass is 19.1. The molecule has 0 aromatic heterocycles. The minimum Gasteiger partial charge on any atom is -0.466 e. The maximum atomic E-state index is 13.5. The summed E-state index contributed by atoms with van der Waals surface area (Å²) >= 11 is 0. The molecule has 4 heteroatoms. The van der Waals surface area contributed by atoms with Crippen molar-refractivity contribution in [2.24, 2.45) is 0 Å². The summed E-state index contributed by atoms with van der Waals surface area (Å²) in [5, 5.41) is 8.82. The molecule has 0 aliphatic carbocycles. The lowest BCUT2D eigenvalue weighted by molar-refractivity contribution is -0.142. The molecule has 0 heterocycles. The van der Waals surface area contributed by atoms with E-state index >= 15 is 0 Å². The number of carbonyl (C=O) groups excluding carboxylic acids is 1. The van der Waals surface area contributed by atoms with Crippen molar-refractivity contribution in [1.82, 2.24) is 0 Å². The highest BCUT2D eigenvalue weighted by Gasteiger charge is 2.14. The fraction of sp³-hybridized carbons (Fsp3) is 0.333. The molecule has 1 rings (SSSR count). The Morgan fingerprint density at radius 2 is 2.25 bits per heavy atom. The molecule has 0 saturated carbocycles. The summed E-state index contributed by atoms with van der Waals surface area (Å²) in [6, 6.07) is 4.89. The molecule has 0 radical (unpaired) electrons. The van der Waals surface area contributed by atoms with Crippen LogP contribution in [-0.4, -0.2) is 12.6 Å². The third-order valence-electron chi connectivity index (χ3n) is 2.17. The van der Waals surface area contributed by atoms with E-state index in [4.69, 9.17) is 10.00 Å². The number of nitrogens with zero attached hydrogens (tertiary/aromatic N) is 1. The van der Waals surface area contributed by atoms with Crippen molar-refractivity contribution in [3.63, 3.8) is 0 Å². The van der Waals surface area contributed by atoms with E-state index in [0.717, 1.165) is 0 Å². The van der Waals surface area contributed by atoms with Gasteiger partial charge in [-0.2, -0.15) is 5.26 Å². The summed E-state index contributed by atoms with van der Waals surface area (Å²) in [4.78, 5) is 11.2. The van der Waals surface area contributed by atoms with Crippen molar-refractivity contribution in [2.45, 2.75) is 20.3 Å². The Labute approximate surface area is 93.5 Å². The van der Waals surface area contributed by atoms with Crippen LogP contribution in [0.5, 0.6) is 0 Å². The number of hydrogen-bond acceptors (Lipinski definition) is 3. The Balaban J connectivity index is 3.02. The van der Waals surface area contributed by atoms with E-state index in [-0.39, 0.29) is 18.6 Å². The number of carbonyl (C=O) groups is 1. The molecule has 0 saturated heterocycles. The molecular formula is C12H12FNO2. The molecule has 0 atom stereocenters. The van der Waals surface area contributed by atoms with Gasteiger partial charge in [0.2, 0.25) is 0 Å². The first kappa shape index (κ1) is 12.2. The topological polar surface area (TPSA) is 50.1 Å². The number of nitriles is 1. The van der Waals surface area contributed by atoms with Crippen molar-refractivity contribution >= 4 is 5.97 Å². The first-order valence-corrected chi connectivity index (χ1v) is 4.93. The zero-order valence-electron chi connectivity index (χ0n) is 9.21. The molecule has 0 amide bonds. The van der Waals surface area contributed by atoms with Gasteiger partial charge in [-0.1, -0.05) is 12.1 Å². The van der Waals surface area contributed by atoms with Gasteiger partial charge in [-0.05, 0) is 25.0 Å². The van der Waals surface area contributed by atoms with Crippen LogP contribution >= 0.6 is 0 Å². The number of hydrogen-bond donors (Lipinski definition) is 0. The van der Waals surface area contributed by atoms with Crippen molar-refractivity contribution < 1.29 is 13.9 Å². The van der Waals surface area contributed by atoms with Gasteiger partial charge in [0.05, 0.1) is 18.6 Å². The van der Waals surface area contributed by atoms with Gasteiger partial charge in [-0.3, -0.25) is 4.79 Å². The van der Waals surface area contributed by atoms with Gasteiger partial charge >= 0.3 is 5.97 Å². The van der Waals surface area contributed by atoms with Gasteiger partial charge in [0.25, 0.3) is 0 Å². The van der Waals surface area contributed by atoms with Crippen LogP contribution in [0.1, 0.15) is 23.6 Å². The van der Waals surface area contributed by atoms with Crippen LogP contribution in [-0.2, 0) is 16.0 Å². The van der Waals surface area contributed by atoms with E-state index in [0.29, 0.717) is 11.1 Å². The number of halogens is 1. The van der Waals surface area contributed by atoms with E-state index in [2.05, 4.69) is 0 Å². The maximum absolute atomic E-state index is 13.5. The second kappa shape index (κ2) is 5.26. The average Bonchev–Trinajstić information content (AvgIpc) is 2.24. The Hall–Kier alpha value is -1.89. The average molecular weight is 221 g/mol. The second-order valence-electron chi connectivity index (χ2n) is 3.32. The Kier molecular flexibility index (Phi) is 4.01. The molecule has 0 N–H and O–H groups in total. The van der Waals surface area contributed by atoms with Crippen molar-refractivity contribution in [3.05, 3.63) is 34.6 Å². The zero-order valence-corrected chi connectivity index (χ0v) is 9.21. The summed E-state index contributed by atoms with van der Waals surface area (Å²) in [6.45, 7) is 3.54. The van der Waals surface area contributed by atoms with Gasteiger partial charge in [0.1, 0.15) is 11.9 Å². The summed E-state index contributed by atoms with van der Waals surface area (Å²) in [6.07, 6.45) is -0.0755. The molecule has 0 fully saturated rings. The molecule has 0 bridgehead atoms. The first-order chi connectivity index (χ1) is 7.60. The molecule has 3 nitrogen and oxygen atoms in total. The van der Waals surface area contributed by atoms with Gasteiger partial charge < -0.3 is 4.74 Å². The Morgan fingerprint density at radius 3 is 2.81 bits per heavy atom. The third kappa shape index (κ3) is 2.57. The number of esters is 1. The lowest BCUT2D eigenvalue weighted by atomic mass is 10.0. The minimum atomic E-state index is -0.565. The highest BCUT2D eigenvalue weighted by molar-refractivity contribution is 5.73. The SMILES string of the molecule is CCOC(=O)Cc1ccc(C)c(F)c1C#N. The van der Waals surface area contributed by atoms with Crippen LogP contribution in [0.4, 0.5) is 4.39 Å². The van der Waals surface area contributed by atoms with E-state index in [1.807, 2.05) is 0 Å². The summed E-state index contributed by atoms with van der Waals surface area (Å²) in [7, 11) is 0.